The minimum atomic E-state index is -0.293. The zero-order valence-electron chi connectivity index (χ0n) is 24.9. The molecule has 3 heterocycles. The average molecular weight is 526 g/mol. The molecule has 3 N–H and O–H groups in total. The number of pyridine rings is 2. The lowest BCUT2D eigenvalue weighted by molar-refractivity contribution is 0.0996. The summed E-state index contributed by atoms with van der Waals surface area (Å²) < 4.78 is 0. The zero-order chi connectivity index (χ0) is 29.2. The van der Waals surface area contributed by atoms with E-state index in [9.17, 15) is 4.79 Å². The molecule has 0 unspecified atom stereocenters. The van der Waals surface area contributed by atoms with Gasteiger partial charge in [-0.25, -0.2) is 9.97 Å². The second kappa shape index (κ2) is 15.2. The van der Waals surface area contributed by atoms with E-state index in [-0.39, 0.29) is 18.0 Å². The minimum absolute atomic E-state index is 0.0948. The van der Waals surface area contributed by atoms with Gasteiger partial charge in [-0.05, 0) is 52.3 Å². The van der Waals surface area contributed by atoms with Crippen molar-refractivity contribution in [2.24, 2.45) is 10.7 Å². The van der Waals surface area contributed by atoms with Crippen molar-refractivity contribution < 1.29 is 9.90 Å². The maximum absolute atomic E-state index is 13.6. The van der Waals surface area contributed by atoms with Gasteiger partial charge in [0.25, 0.3) is 5.91 Å². The van der Waals surface area contributed by atoms with Gasteiger partial charge in [-0.3, -0.25) is 14.7 Å². The molecule has 1 aliphatic heterocycles. The fourth-order valence-corrected chi connectivity index (χ4v) is 4.09. The number of hydrogen-bond acceptors (Lipinski definition) is 7. The highest BCUT2D eigenvalue weighted by Gasteiger charge is 2.34. The van der Waals surface area contributed by atoms with Gasteiger partial charge in [0.15, 0.2) is 5.84 Å². The molecule has 9 heteroatoms. The van der Waals surface area contributed by atoms with Crippen molar-refractivity contribution in [3.63, 3.8) is 0 Å². The van der Waals surface area contributed by atoms with Crippen LogP contribution in [0.5, 0.6) is 0 Å². The van der Waals surface area contributed by atoms with E-state index in [2.05, 4.69) is 37.2 Å². The number of allylic oxidation sites excluding steroid dienone is 1. The predicted octanol–water partition coefficient (Wildman–Crippen LogP) is 4.76. The molecule has 2 aromatic heterocycles. The molecule has 9 nitrogen and oxygen atoms in total. The lowest BCUT2D eigenvalue weighted by Crippen LogP contribution is -2.32. The first kappa shape index (κ1) is 32.7. The smallest absolute Gasteiger partial charge is 0.260 e. The summed E-state index contributed by atoms with van der Waals surface area (Å²) in [5.74, 6) is 1.96. The van der Waals surface area contributed by atoms with Crippen LogP contribution in [0.3, 0.4) is 0 Å². The largest absolute Gasteiger partial charge is 0.400 e. The summed E-state index contributed by atoms with van der Waals surface area (Å²) in [5, 5.41) is 7.00. The molecule has 3 rings (SSSR count). The molecule has 0 saturated carbocycles. The summed E-state index contributed by atoms with van der Waals surface area (Å²) in [6.45, 7) is 19.4. The highest BCUT2D eigenvalue weighted by molar-refractivity contribution is 6.10. The molecule has 0 radical (unpaired) electrons. The second-order valence-corrected chi connectivity index (χ2v) is 9.09. The number of hydrogen-bond donors (Lipinski definition) is 2. The fourth-order valence-electron chi connectivity index (χ4n) is 4.09. The van der Waals surface area contributed by atoms with Crippen molar-refractivity contribution in [2.75, 3.05) is 37.5 Å². The van der Waals surface area contributed by atoms with Crippen molar-refractivity contribution in [1.29, 1.82) is 0 Å². The lowest BCUT2D eigenvalue weighted by Gasteiger charge is -2.26. The van der Waals surface area contributed by atoms with Gasteiger partial charge in [-0.1, -0.05) is 33.4 Å². The number of rotatable bonds is 8. The van der Waals surface area contributed by atoms with Gasteiger partial charge in [-0.2, -0.15) is 0 Å². The van der Waals surface area contributed by atoms with Gasteiger partial charge in [0.1, 0.15) is 17.3 Å². The Morgan fingerprint density at radius 1 is 1.24 bits per heavy atom. The van der Waals surface area contributed by atoms with Crippen LogP contribution in [0.4, 0.5) is 11.6 Å². The van der Waals surface area contributed by atoms with Crippen LogP contribution in [0.15, 0.2) is 41.5 Å². The van der Waals surface area contributed by atoms with Crippen molar-refractivity contribution >= 4 is 23.4 Å². The quantitative estimate of drug-likeness (QED) is 0.378. The number of nitrogens with zero attached hydrogens (tertiary/aromatic N) is 6. The van der Waals surface area contributed by atoms with E-state index in [1.165, 1.54) is 0 Å². The van der Waals surface area contributed by atoms with E-state index in [1.807, 2.05) is 63.9 Å². The number of aliphatic imine (C=N–C) groups is 1. The molecule has 0 aromatic carbocycles. The van der Waals surface area contributed by atoms with Crippen molar-refractivity contribution in [1.82, 2.24) is 14.9 Å². The van der Waals surface area contributed by atoms with Gasteiger partial charge >= 0.3 is 0 Å². The summed E-state index contributed by atoms with van der Waals surface area (Å²) >= 11 is 0. The third kappa shape index (κ3) is 7.17. The van der Waals surface area contributed by atoms with E-state index in [0.29, 0.717) is 23.6 Å². The first-order chi connectivity index (χ1) is 18.1. The standard InChI is InChI=1S/C26H37N7O.C2H6.CH4O/c1-9-13-32(17(4)5)25(28-7)21-11-10-12-22(29-21)33-15-20-19(26(33)34)14-23(31(8)16(2)3)30-24(20)18(6)27;2*1-2/h10-12,14,16,18H,4,9,13,15,27H2,1-3,5-8H3;1-2H3;2H,1H3/t18-;;/m1../s1. The Labute approximate surface area is 229 Å². The first-order valence-electron chi connectivity index (χ1n) is 13.3. The number of carbonyl (C=O) groups excluding carboxylic acids is 1. The lowest BCUT2D eigenvalue weighted by atomic mass is 10.0. The summed E-state index contributed by atoms with van der Waals surface area (Å²) in [6.07, 6.45) is 0.950. The molecule has 210 valence electrons. The molecule has 1 aliphatic rings. The number of aliphatic hydroxyl groups is 1. The van der Waals surface area contributed by atoms with Gasteiger partial charge in [0, 0.05) is 51.1 Å². The van der Waals surface area contributed by atoms with E-state index >= 15 is 0 Å². The van der Waals surface area contributed by atoms with Crippen LogP contribution in [-0.4, -0.2) is 65.5 Å². The fraction of sp³-hybridized carbons (Fsp3) is 0.517. The Morgan fingerprint density at radius 3 is 2.37 bits per heavy atom. The van der Waals surface area contributed by atoms with Crippen LogP contribution in [0.1, 0.15) is 88.2 Å². The number of amides is 1. The summed E-state index contributed by atoms with van der Waals surface area (Å²) in [6, 6.07) is 7.49. The number of aliphatic hydroxyl groups excluding tert-OH is 1. The third-order valence-corrected chi connectivity index (χ3v) is 6.12. The van der Waals surface area contributed by atoms with Crippen LogP contribution in [0.2, 0.25) is 0 Å². The zero-order valence-corrected chi connectivity index (χ0v) is 24.9. The van der Waals surface area contributed by atoms with E-state index in [1.54, 1.807) is 11.9 Å². The normalized spacial score (nSPS) is 13.2. The Hall–Kier alpha value is -3.30. The second-order valence-electron chi connectivity index (χ2n) is 9.09. The van der Waals surface area contributed by atoms with E-state index < -0.39 is 0 Å². The van der Waals surface area contributed by atoms with Crippen molar-refractivity contribution in [3.05, 3.63) is 59.1 Å². The molecule has 0 saturated heterocycles. The van der Waals surface area contributed by atoms with Crippen molar-refractivity contribution in [2.45, 2.75) is 73.5 Å². The molecule has 1 amide bonds. The average Bonchev–Trinajstić information content (AvgIpc) is 3.26. The Kier molecular flexibility index (Phi) is 13.1. The first-order valence-corrected chi connectivity index (χ1v) is 13.3. The Balaban J connectivity index is 0.00000172. The van der Waals surface area contributed by atoms with Gasteiger partial charge in [-0.15, -0.1) is 0 Å². The summed E-state index contributed by atoms with van der Waals surface area (Å²) in [5.41, 5.74) is 10.1. The van der Waals surface area contributed by atoms with Crippen molar-refractivity contribution in [3.8, 4) is 0 Å². The van der Waals surface area contributed by atoms with Gasteiger partial charge < -0.3 is 20.6 Å². The van der Waals surface area contributed by atoms with E-state index in [0.717, 1.165) is 48.7 Å². The predicted molar refractivity (Wildman–Crippen MR) is 159 cm³/mol. The van der Waals surface area contributed by atoms with Crippen LogP contribution in [-0.2, 0) is 6.54 Å². The van der Waals surface area contributed by atoms with Gasteiger partial charge in [0.05, 0.1) is 17.8 Å². The van der Waals surface area contributed by atoms with Crippen LogP contribution in [0, 0.1) is 0 Å². The highest BCUT2D eigenvalue weighted by atomic mass is 16.2. The van der Waals surface area contributed by atoms with Crippen LogP contribution < -0.4 is 15.5 Å². The SMILES string of the molecule is C=C(C)N(CCC)C(=NC)c1cccc(N2Cc3c(cc(N(C)C(C)C)nc3[C@@H](C)N)C2=O)n1.CC.CO. The van der Waals surface area contributed by atoms with Gasteiger partial charge in [0.2, 0.25) is 0 Å². The van der Waals surface area contributed by atoms with Crippen LogP contribution in [0.25, 0.3) is 0 Å². The number of aromatic nitrogens is 2. The molecule has 0 spiro atoms. The summed E-state index contributed by atoms with van der Waals surface area (Å²) in [7, 11) is 4.72. The molecule has 2 aromatic rings. The van der Waals surface area contributed by atoms with E-state index in [4.69, 9.17) is 20.8 Å². The minimum Gasteiger partial charge on any atom is -0.400 e. The molecule has 0 aliphatic carbocycles. The molecular formula is C29H47N7O2. The summed E-state index contributed by atoms with van der Waals surface area (Å²) in [4.78, 5) is 33.5. The topological polar surface area (TPSA) is 111 Å². The molecule has 1 atom stereocenters. The molecular weight excluding hydrogens is 478 g/mol. The van der Waals surface area contributed by atoms with Crippen LogP contribution >= 0.6 is 0 Å². The number of nitrogens with two attached hydrogens (primary N) is 1. The maximum Gasteiger partial charge on any atom is 0.260 e. The third-order valence-electron chi connectivity index (χ3n) is 6.12. The maximum atomic E-state index is 13.6. The number of carbonyl (C=O) groups is 1. The monoisotopic (exact) mass is 525 g/mol. The molecule has 0 bridgehead atoms. The molecule has 38 heavy (non-hydrogen) atoms. The highest BCUT2D eigenvalue weighted by Crippen LogP contribution is 2.33. The Bertz CT molecular complexity index is 1110. The number of fused-ring (bicyclic) bond motifs is 1. The Morgan fingerprint density at radius 2 is 1.87 bits per heavy atom. The number of amidine groups is 1. The molecule has 0 fully saturated rings. The number of anilines is 2.